The summed E-state index contributed by atoms with van der Waals surface area (Å²) < 4.78 is 28.4. The lowest BCUT2D eigenvalue weighted by Crippen LogP contribution is -2.65. The van der Waals surface area contributed by atoms with Gasteiger partial charge in [-0.2, -0.15) is 0 Å². The smallest absolute Gasteiger partial charge is 0.198 e. The van der Waals surface area contributed by atoms with Crippen molar-refractivity contribution in [3.8, 4) is 0 Å². The van der Waals surface area contributed by atoms with Crippen LogP contribution in [-0.2, 0) is 23.1 Å². The van der Waals surface area contributed by atoms with Gasteiger partial charge in [0.05, 0.1) is 31.0 Å². The summed E-state index contributed by atoms with van der Waals surface area (Å²) >= 11 is 3.78. The molecule has 1 spiro atoms. The Morgan fingerprint density at radius 3 is 2.36 bits per heavy atom. The van der Waals surface area contributed by atoms with Crippen LogP contribution < -0.4 is 0 Å². The van der Waals surface area contributed by atoms with Gasteiger partial charge in [-0.25, -0.2) is 0 Å². The Morgan fingerprint density at radius 2 is 1.88 bits per heavy atom. The first-order valence-electron chi connectivity index (χ1n) is 8.61. The molecule has 3 heterocycles. The minimum Gasteiger partial charge on any atom is -0.390 e. The summed E-state index contributed by atoms with van der Waals surface area (Å²) in [5, 5.41) is 21.1. The zero-order valence-electron chi connectivity index (χ0n) is 15.3. The van der Waals surface area contributed by atoms with E-state index in [9.17, 15) is 10.2 Å². The number of ether oxygens (including phenoxy) is 4. The molecule has 0 bridgehead atoms. The first kappa shape index (κ1) is 19.8. The minimum atomic E-state index is -1.01. The number of hydrogen-bond donors (Lipinski definition) is 3. The van der Waals surface area contributed by atoms with Gasteiger partial charge in [0.2, 0.25) is 0 Å². The van der Waals surface area contributed by atoms with Crippen LogP contribution in [0.3, 0.4) is 0 Å². The van der Waals surface area contributed by atoms with E-state index in [2.05, 4.69) is 12.9 Å². The molecule has 3 rings (SSSR count). The Bertz CT molecular complexity index is 475. The normalized spacial score (nSPS) is 53.4. The van der Waals surface area contributed by atoms with Crippen molar-refractivity contribution in [2.45, 2.75) is 81.4 Å². The van der Waals surface area contributed by atoms with Gasteiger partial charge in [0.1, 0.15) is 17.8 Å². The Morgan fingerprint density at radius 1 is 1.24 bits per heavy atom. The summed E-state index contributed by atoms with van der Waals surface area (Å²) in [6, 6.07) is -0.387. The van der Waals surface area contributed by atoms with Gasteiger partial charge in [-0.1, -0.05) is 0 Å². The number of likely N-dealkylation sites (N-methyl/N-ethyl adjacent to an activating group) is 1. The van der Waals surface area contributed by atoms with Crippen LogP contribution in [-0.4, -0.2) is 90.1 Å². The monoisotopic (exact) mass is 379 g/mol. The van der Waals surface area contributed by atoms with Crippen LogP contribution in [0.5, 0.6) is 0 Å². The van der Waals surface area contributed by atoms with Gasteiger partial charge < -0.3 is 34.1 Å². The fourth-order valence-corrected chi connectivity index (χ4v) is 4.22. The van der Waals surface area contributed by atoms with Crippen molar-refractivity contribution >= 4 is 12.9 Å². The van der Waals surface area contributed by atoms with Gasteiger partial charge in [0.25, 0.3) is 0 Å². The van der Waals surface area contributed by atoms with E-state index in [-0.39, 0.29) is 24.7 Å². The van der Waals surface area contributed by atoms with E-state index in [1.54, 1.807) is 6.92 Å². The number of aliphatic hydroxyl groups excluding tert-OH is 2. The fourth-order valence-electron chi connectivity index (χ4n) is 4.05. The van der Waals surface area contributed by atoms with Gasteiger partial charge in [-0.3, -0.25) is 4.18 Å². The third-order valence-corrected chi connectivity index (χ3v) is 5.79. The van der Waals surface area contributed by atoms with Crippen LogP contribution in [0.1, 0.15) is 27.2 Å². The molecule has 3 fully saturated rings. The van der Waals surface area contributed by atoms with Crippen LogP contribution in [0.25, 0.3) is 0 Å². The molecule has 9 heteroatoms. The third kappa shape index (κ3) is 3.46. The SMILES string of the molecule is C[C@H]1O[C@@H](OS)C(O)C(N(C)C)[C@@H]1O[C@@]1(C)CC(O)[C@@]2(CO2)[C@@H](C)O1. The van der Waals surface area contributed by atoms with Gasteiger partial charge in [0, 0.05) is 6.42 Å². The summed E-state index contributed by atoms with van der Waals surface area (Å²) in [7, 11) is 3.71. The maximum Gasteiger partial charge on any atom is 0.198 e. The second-order valence-corrected chi connectivity index (χ2v) is 7.91. The molecule has 9 atom stereocenters. The second kappa shape index (κ2) is 6.88. The highest BCUT2D eigenvalue weighted by Gasteiger charge is 2.63. The fraction of sp³-hybridized carbons (Fsp3) is 1.00. The predicted molar refractivity (Wildman–Crippen MR) is 91.0 cm³/mol. The van der Waals surface area contributed by atoms with Crippen molar-refractivity contribution in [2.24, 2.45) is 0 Å². The van der Waals surface area contributed by atoms with Gasteiger partial charge >= 0.3 is 0 Å². The first-order chi connectivity index (χ1) is 11.6. The molecule has 3 saturated heterocycles. The van der Waals surface area contributed by atoms with Crippen molar-refractivity contribution in [3.63, 3.8) is 0 Å². The molecule has 146 valence electrons. The maximum absolute atomic E-state index is 10.6. The highest BCUT2D eigenvalue weighted by molar-refractivity contribution is 7.75. The molecule has 25 heavy (non-hydrogen) atoms. The Balaban J connectivity index is 1.77. The van der Waals surface area contributed by atoms with E-state index < -0.39 is 36.0 Å². The molecule has 3 unspecified atom stereocenters. The Kier molecular flexibility index (Phi) is 5.45. The maximum atomic E-state index is 10.6. The summed E-state index contributed by atoms with van der Waals surface area (Å²) in [6.45, 7) is 6.02. The number of epoxide rings is 1. The van der Waals surface area contributed by atoms with Crippen LogP contribution >= 0.6 is 12.9 Å². The van der Waals surface area contributed by atoms with Gasteiger partial charge in [-0.15, -0.1) is 0 Å². The molecule has 0 aliphatic carbocycles. The summed E-state index contributed by atoms with van der Waals surface area (Å²) in [6.07, 6.45) is -3.32. The first-order valence-corrected chi connectivity index (χ1v) is 8.98. The summed E-state index contributed by atoms with van der Waals surface area (Å²) in [5.74, 6) is -1.01. The standard InChI is InChI=1S/C16H29NO7S/c1-8-13(11(17(4)5)12(19)14(21-8)24-25)23-15(3)6-10(18)16(7-20-16)9(2)22-15/h8-14,18-19,25H,6-7H2,1-5H3/t8-,9-,10?,11?,12?,13-,14+,15+,16-/m1/s1. The largest absolute Gasteiger partial charge is 0.390 e. The molecular formula is C16H29NO7S. The van der Waals surface area contributed by atoms with E-state index in [1.807, 2.05) is 32.8 Å². The van der Waals surface area contributed by atoms with E-state index in [4.69, 9.17) is 23.1 Å². The average molecular weight is 379 g/mol. The zero-order chi connectivity index (χ0) is 18.6. The van der Waals surface area contributed by atoms with Crippen molar-refractivity contribution in [1.29, 1.82) is 0 Å². The molecule has 0 radical (unpaired) electrons. The highest BCUT2D eigenvalue weighted by Crippen LogP contribution is 2.46. The van der Waals surface area contributed by atoms with Crippen molar-refractivity contribution < 1.29 is 33.3 Å². The molecule has 0 amide bonds. The molecule has 0 aromatic rings. The van der Waals surface area contributed by atoms with E-state index >= 15 is 0 Å². The lowest BCUT2D eigenvalue weighted by molar-refractivity contribution is -0.351. The predicted octanol–water partition coefficient (Wildman–Crippen LogP) is -0.0762. The number of thiol groups is 1. The van der Waals surface area contributed by atoms with Crippen molar-refractivity contribution in [3.05, 3.63) is 0 Å². The number of rotatable bonds is 4. The van der Waals surface area contributed by atoms with Crippen LogP contribution in [0.15, 0.2) is 0 Å². The average Bonchev–Trinajstić information content (AvgIpc) is 3.30. The van der Waals surface area contributed by atoms with E-state index in [0.29, 0.717) is 6.61 Å². The Hall–Kier alpha value is 0.0300. The molecule has 0 aromatic heterocycles. The molecule has 8 nitrogen and oxygen atoms in total. The van der Waals surface area contributed by atoms with Crippen molar-refractivity contribution in [2.75, 3.05) is 20.7 Å². The second-order valence-electron chi connectivity index (χ2n) is 7.70. The highest BCUT2D eigenvalue weighted by atomic mass is 32.1. The minimum absolute atomic E-state index is 0.281. The van der Waals surface area contributed by atoms with E-state index in [0.717, 1.165) is 0 Å². The van der Waals surface area contributed by atoms with Gasteiger partial charge in [0.15, 0.2) is 12.1 Å². The van der Waals surface area contributed by atoms with Crippen LogP contribution in [0, 0.1) is 0 Å². The topological polar surface area (TPSA) is 93.2 Å². The van der Waals surface area contributed by atoms with Crippen LogP contribution in [0.2, 0.25) is 0 Å². The summed E-state index contributed by atoms with van der Waals surface area (Å²) in [4.78, 5) is 1.87. The number of hydrogen-bond acceptors (Lipinski definition) is 9. The van der Waals surface area contributed by atoms with Crippen molar-refractivity contribution in [1.82, 2.24) is 4.90 Å². The molecule has 0 saturated carbocycles. The number of nitrogens with zero attached hydrogens (tertiary/aromatic N) is 1. The molecular weight excluding hydrogens is 350 g/mol. The van der Waals surface area contributed by atoms with E-state index in [1.165, 1.54) is 0 Å². The quantitative estimate of drug-likeness (QED) is 0.355. The molecule has 3 aliphatic rings. The molecule has 2 N–H and O–H groups in total. The molecule has 3 aliphatic heterocycles. The Labute approximate surface area is 153 Å². The zero-order valence-corrected chi connectivity index (χ0v) is 16.2. The lowest BCUT2D eigenvalue weighted by atomic mass is 9.88. The lowest BCUT2D eigenvalue weighted by Gasteiger charge is -2.50. The molecule has 0 aromatic carbocycles. The number of aliphatic hydroxyl groups is 2. The third-order valence-electron chi connectivity index (χ3n) is 5.58. The summed E-state index contributed by atoms with van der Waals surface area (Å²) in [5.41, 5.74) is -0.608. The van der Waals surface area contributed by atoms with Gasteiger partial charge in [-0.05, 0) is 47.8 Å². The van der Waals surface area contributed by atoms with Crippen LogP contribution in [0.4, 0.5) is 0 Å².